The minimum atomic E-state index is 0. The third kappa shape index (κ3) is 32.3. The standard InChI is InChI=1S/Al.4ClH.Ti/h;4*1H;/q;;;;;+4/p-4. The van der Waals surface area contributed by atoms with Crippen LogP contribution in [-0.2, 0) is 21.7 Å². The molecule has 0 spiro atoms. The quantitative estimate of drug-likeness (QED) is 0.353. The molecule has 0 aliphatic rings. The predicted molar refractivity (Wildman–Crippen MR) is 5.75 cm³/mol. The van der Waals surface area contributed by atoms with Gasteiger partial charge in [-0.2, -0.15) is 0 Å². The average Bonchev–Trinajstić information content (AvgIpc) is 0. The van der Waals surface area contributed by atoms with Crippen molar-refractivity contribution in [1.82, 2.24) is 0 Å². The molecule has 0 aliphatic heterocycles. The van der Waals surface area contributed by atoms with Gasteiger partial charge in [0, 0.05) is 17.4 Å². The van der Waals surface area contributed by atoms with E-state index in [9.17, 15) is 0 Å². The number of hydrogen-bond donors (Lipinski definition) is 0. The van der Waals surface area contributed by atoms with E-state index < -0.39 is 0 Å². The van der Waals surface area contributed by atoms with Crippen molar-refractivity contribution < 1.29 is 71.3 Å². The van der Waals surface area contributed by atoms with E-state index in [-0.39, 0.29) is 88.7 Å². The molecule has 0 fully saturated rings. The van der Waals surface area contributed by atoms with Crippen molar-refractivity contribution in [3.63, 3.8) is 0 Å². The zero-order chi connectivity index (χ0) is 0. The third-order valence-corrected chi connectivity index (χ3v) is 0. The SMILES string of the molecule is [Al].[Cl-].[Cl-].[Cl-].[Cl-].[Ti+4]. The third-order valence-electron chi connectivity index (χ3n) is 0. The van der Waals surface area contributed by atoms with E-state index in [1.165, 1.54) is 0 Å². The first-order chi connectivity index (χ1) is 0. The molecule has 6 heavy (non-hydrogen) atoms. The van der Waals surface area contributed by atoms with Crippen molar-refractivity contribution in [2.75, 3.05) is 0 Å². The summed E-state index contributed by atoms with van der Waals surface area (Å²) in [6.45, 7) is 0. The van der Waals surface area contributed by atoms with Gasteiger partial charge >= 0.3 is 21.7 Å². The van der Waals surface area contributed by atoms with E-state index >= 15 is 0 Å². The van der Waals surface area contributed by atoms with Crippen LogP contribution in [0.2, 0.25) is 0 Å². The number of hydrogen-bond acceptors (Lipinski definition) is 0. The Hall–Kier alpha value is 2.41. The summed E-state index contributed by atoms with van der Waals surface area (Å²) in [5, 5.41) is 0. The van der Waals surface area contributed by atoms with Crippen LogP contribution >= 0.6 is 0 Å². The molecule has 0 heterocycles. The van der Waals surface area contributed by atoms with Crippen LogP contribution in [0.4, 0.5) is 0 Å². The van der Waals surface area contributed by atoms with Gasteiger partial charge in [-0.25, -0.2) is 0 Å². The second-order valence-electron chi connectivity index (χ2n) is 0. The van der Waals surface area contributed by atoms with Gasteiger partial charge in [0.05, 0.1) is 0 Å². The Bertz CT molecular complexity index is 7.51. The summed E-state index contributed by atoms with van der Waals surface area (Å²) in [5.41, 5.74) is 0. The van der Waals surface area contributed by atoms with Gasteiger partial charge in [-0.15, -0.1) is 0 Å². The van der Waals surface area contributed by atoms with Gasteiger partial charge in [-0.3, -0.25) is 0 Å². The molecule has 0 rings (SSSR count). The largest absolute Gasteiger partial charge is 4.00 e. The van der Waals surface area contributed by atoms with Gasteiger partial charge in [0.15, 0.2) is 0 Å². The van der Waals surface area contributed by atoms with E-state index in [1.807, 2.05) is 0 Å². The van der Waals surface area contributed by atoms with Crippen LogP contribution in [0.15, 0.2) is 0 Å². The fourth-order valence-corrected chi connectivity index (χ4v) is 0. The van der Waals surface area contributed by atoms with Crippen LogP contribution in [0, 0.1) is 0 Å². The minimum Gasteiger partial charge on any atom is -1.00 e. The maximum atomic E-state index is 0. The van der Waals surface area contributed by atoms with E-state index in [1.54, 1.807) is 0 Å². The number of rotatable bonds is 0. The predicted octanol–water partition coefficient (Wildman–Crippen LogP) is -12.4. The smallest absolute Gasteiger partial charge is 1.00 e. The van der Waals surface area contributed by atoms with E-state index in [2.05, 4.69) is 0 Å². The minimum absolute atomic E-state index is 0. The molecular formula is AlCl4Ti. The number of halogens is 4. The Labute approximate surface area is 87.9 Å². The Morgan fingerprint density at radius 2 is 0.500 bits per heavy atom. The molecule has 0 nitrogen and oxygen atoms in total. The summed E-state index contributed by atoms with van der Waals surface area (Å²) in [4.78, 5) is 0. The van der Waals surface area contributed by atoms with Crippen molar-refractivity contribution in [3.05, 3.63) is 0 Å². The van der Waals surface area contributed by atoms with Crippen LogP contribution in [0.3, 0.4) is 0 Å². The molecule has 0 bridgehead atoms. The van der Waals surface area contributed by atoms with E-state index in [0.29, 0.717) is 0 Å². The molecule has 0 N–H and O–H groups in total. The summed E-state index contributed by atoms with van der Waals surface area (Å²) >= 11 is 0. The molecule has 0 aromatic carbocycles. The Balaban J connectivity index is 0. The molecule has 0 amide bonds. The van der Waals surface area contributed by atoms with Crippen LogP contribution in [0.5, 0.6) is 0 Å². The van der Waals surface area contributed by atoms with Crippen LogP contribution in [0.1, 0.15) is 0 Å². The zero-order valence-corrected chi connectivity index (χ0v) is 8.33. The first-order valence-corrected chi connectivity index (χ1v) is 0. The van der Waals surface area contributed by atoms with Gasteiger partial charge in [-0.1, -0.05) is 0 Å². The van der Waals surface area contributed by atoms with Crippen LogP contribution in [-0.4, -0.2) is 17.4 Å². The summed E-state index contributed by atoms with van der Waals surface area (Å²) in [6.07, 6.45) is 0. The maximum Gasteiger partial charge on any atom is 4.00 e. The van der Waals surface area contributed by atoms with Crippen molar-refractivity contribution >= 4 is 17.4 Å². The van der Waals surface area contributed by atoms with Crippen LogP contribution in [0.25, 0.3) is 0 Å². The van der Waals surface area contributed by atoms with Gasteiger partial charge in [0.25, 0.3) is 0 Å². The fraction of sp³-hybridized carbons (Fsp3) is 0. The van der Waals surface area contributed by atoms with Crippen molar-refractivity contribution in [3.8, 4) is 0 Å². The maximum absolute atomic E-state index is 0. The summed E-state index contributed by atoms with van der Waals surface area (Å²) in [5.74, 6) is 0. The molecule has 0 aliphatic carbocycles. The second-order valence-corrected chi connectivity index (χ2v) is 0. The molecule has 35 valence electrons. The topological polar surface area (TPSA) is 0 Å². The molecule has 0 saturated carbocycles. The molecule has 0 aromatic heterocycles. The van der Waals surface area contributed by atoms with Crippen LogP contribution < -0.4 is 49.6 Å². The molecule has 6 heteroatoms. The van der Waals surface area contributed by atoms with E-state index in [4.69, 9.17) is 0 Å². The Morgan fingerprint density at radius 1 is 0.500 bits per heavy atom. The van der Waals surface area contributed by atoms with Gasteiger partial charge in [0.1, 0.15) is 0 Å². The van der Waals surface area contributed by atoms with Gasteiger partial charge in [0.2, 0.25) is 0 Å². The average molecular weight is 217 g/mol. The molecule has 3 radical (unpaired) electrons. The molecular weight excluding hydrogens is 217 g/mol. The zero-order valence-electron chi connectivity index (χ0n) is 2.59. The van der Waals surface area contributed by atoms with Crippen molar-refractivity contribution in [1.29, 1.82) is 0 Å². The first kappa shape index (κ1) is 79.6. The fourth-order valence-electron chi connectivity index (χ4n) is 0. The van der Waals surface area contributed by atoms with Crippen molar-refractivity contribution in [2.45, 2.75) is 0 Å². The normalized spacial score (nSPS) is 0. The van der Waals surface area contributed by atoms with Gasteiger partial charge < -0.3 is 49.6 Å². The first-order valence-electron chi connectivity index (χ1n) is 0. The Morgan fingerprint density at radius 3 is 0.500 bits per heavy atom. The summed E-state index contributed by atoms with van der Waals surface area (Å²) in [7, 11) is 0. The second kappa shape index (κ2) is 52.5. The summed E-state index contributed by atoms with van der Waals surface area (Å²) in [6, 6.07) is 0. The van der Waals surface area contributed by atoms with Crippen molar-refractivity contribution in [2.24, 2.45) is 0 Å². The monoisotopic (exact) mass is 215 g/mol. The van der Waals surface area contributed by atoms with E-state index in [0.717, 1.165) is 0 Å². The molecule has 0 unspecified atom stereocenters. The summed E-state index contributed by atoms with van der Waals surface area (Å²) < 4.78 is 0. The molecule has 0 atom stereocenters. The molecule has 0 saturated heterocycles. The molecule has 0 aromatic rings. The Kier molecular flexibility index (Phi) is 696. The van der Waals surface area contributed by atoms with Gasteiger partial charge in [-0.05, 0) is 0 Å².